The van der Waals surface area contributed by atoms with Crippen LogP contribution in [0.2, 0.25) is 0 Å². The highest BCUT2D eigenvalue weighted by Crippen LogP contribution is 2.28. The number of ether oxygens (including phenoxy) is 3. The van der Waals surface area contributed by atoms with E-state index in [1.165, 1.54) is 0 Å². The monoisotopic (exact) mass is 687 g/mol. The number of likely N-dealkylation sites (N-methyl/N-ethyl adjacent to an activating group) is 1. The number of benzene rings is 3. The number of hydrogen-bond acceptors (Lipinski definition) is 8. The van der Waals surface area contributed by atoms with Crippen LogP contribution in [0.4, 0.5) is 5.69 Å². The first-order valence-electron chi connectivity index (χ1n) is 17.8. The van der Waals surface area contributed by atoms with Gasteiger partial charge in [0.2, 0.25) is 5.91 Å². The van der Waals surface area contributed by atoms with Crippen molar-refractivity contribution in [1.29, 1.82) is 0 Å². The molecule has 1 heterocycles. The molecule has 270 valence electrons. The molecule has 1 fully saturated rings. The number of nitrogens with one attached hydrogen (secondary N) is 2. The van der Waals surface area contributed by atoms with Crippen molar-refractivity contribution in [1.82, 2.24) is 15.1 Å². The van der Waals surface area contributed by atoms with Gasteiger partial charge in [0.05, 0.1) is 31.1 Å². The van der Waals surface area contributed by atoms with Crippen LogP contribution in [0.3, 0.4) is 0 Å². The van der Waals surface area contributed by atoms with E-state index in [-0.39, 0.29) is 24.3 Å². The van der Waals surface area contributed by atoms with Gasteiger partial charge >= 0.3 is 0 Å². The summed E-state index contributed by atoms with van der Waals surface area (Å²) in [5.74, 6) is 1.28. The largest absolute Gasteiger partial charge is 0.493 e. The fourth-order valence-electron chi connectivity index (χ4n) is 5.50. The Morgan fingerprint density at radius 2 is 1.52 bits per heavy atom. The minimum Gasteiger partial charge on any atom is -0.493 e. The second-order valence-corrected chi connectivity index (χ2v) is 12.6. The van der Waals surface area contributed by atoms with Gasteiger partial charge in [-0.15, -0.1) is 0 Å². The van der Waals surface area contributed by atoms with Crippen LogP contribution in [0.1, 0.15) is 77.3 Å². The first-order valence-corrected chi connectivity index (χ1v) is 17.8. The standard InChI is InChI=1S/C39H53N5O6/c1-4-23-48-35-27-30(15-16-31(35)28-41-39(47)32-11-7-8-12-34(32)49-25-10-18-40)38(46)42-33-17-14-29(2)26-36(33)50-24-9-5-6-13-37(45)44-21-19-43(3)20-22-44/h7-8,11-12,14-17,26-27H,4-6,9-10,13,18-25,28,40H2,1-3H3,(H,41,47)(H,42,46). The van der Waals surface area contributed by atoms with E-state index in [4.69, 9.17) is 19.9 Å². The predicted octanol–water partition coefficient (Wildman–Crippen LogP) is 5.41. The van der Waals surface area contributed by atoms with Gasteiger partial charge in [-0.1, -0.05) is 31.2 Å². The lowest BCUT2D eigenvalue weighted by Crippen LogP contribution is -2.47. The molecule has 0 aliphatic carbocycles. The number of carbonyl (C=O) groups excluding carboxylic acids is 3. The van der Waals surface area contributed by atoms with E-state index in [2.05, 4.69) is 22.6 Å². The van der Waals surface area contributed by atoms with Crippen LogP contribution in [0.25, 0.3) is 0 Å². The van der Waals surface area contributed by atoms with Crippen molar-refractivity contribution in [2.75, 3.05) is 64.9 Å². The lowest BCUT2D eigenvalue weighted by atomic mass is 10.1. The number of amides is 3. The maximum atomic E-state index is 13.5. The highest BCUT2D eigenvalue weighted by atomic mass is 16.5. The summed E-state index contributed by atoms with van der Waals surface area (Å²) in [4.78, 5) is 43.3. The van der Waals surface area contributed by atoms with Gasteiger partial charge in [-0.2, -0.15) is 0 Å². The van der Waals surface area contributed by atoms with Crippen LogP contribution in [-0.4, -0.2) is 87.1 Å². The average Bonchev–Trinajstić information content (AvgIpc) is 3.12. The number of nitrogens with zero attached hydrogens (tertiary/aromatic N) is 2. The molecule has 11 nitrogen and oxygen atoms in total. The van der Waals surface area contributed by atoms with Crippen molar-refractivity contribution < 1.29 is 28.6 Å². The summed E-state index contributed by atoms with van der Waals surface area (Å²) < 4.78 is 17.9. The number of anilines is 1. The van der Waals surface area contributed by atoms with E-state index in [1.54, 1.807) is 36.4 Å². The fraction of sp³-hybridized carbons (Fsp3) is 0.462. The number of para-hydroxylation sites is 1. The Bertz CT molecular complexity index is 1560. The number of aryl methyl sites for hydroxylation is 1. The Kier molecular flexibility index (Phi) is 15.4. The van der Waals surface area contributed by atoms with Crippen LogP contribution in [-0.2, 0) is 11.3 Å². The number of unbranched alkanes of at least 4 members (excludes halogenated alkanes) is 2. The van der Waals surface area contributed by atoms with Crippen LogP contribution in [0.5, 0.6) is 17.2 Å². The van der Waals surface area contributed by atoms with Crippen LogP contribution >= 0.6 is 0 Å². The first kappa shape index (κ1) is 38.2. The first-order chi connectivity index (χ1) is 24.3. The second-order valence-electron chi connectivity index (χ2n) is 12.6. The minimum atomic E-state index is -0.304. The Balaban J connectivity index is 1.32. The number of piperazine rings is 1. The molecule has 0 saturated carbocycles. The molecular weight excluding hydrogens is 634 g/mol. The van der Waals surface area contributed by atoms with Gasteiger partial charge in [-0.25, -0.2) is 0 Å². The molecule has 0 unspecified atom stereocenters. The third-order valence-corrected chi connectivity index (χ3v) is 8.50. The molecule has 0 atom stereocenters. The Morgan fingerprint density at radius 1 is 0.780 bits per heavy atom. The third-order valence-electron chi connectivity index (χ3n) is 8.50. The average molecular weight is 688 g/mol. The Morgan fingerprint density at radius 3 is 2.30 bits per heavy atom. The smallest absolute Gasteiger partial charge is 0.255 e. The summed E-state index contributed by atoms with van der Waals surface area (Å²) in [7, 11) is 2.08. The quantitative estimate of drug-likeness (QED) is 0.143. The SMILES string of the molecule is CCCOc1cc(C(=O)Nc2ccc(C)cc2OCCCCCC(=O)N2CCN(C)CC2)ccc1CNC(=O)c1ccccc1OCCCN. The highest BCUT2D eigenvalue weighted by molar-refractivity contribution is 6.05. The summed E-state index contributed by atoms with van der Waals surface area (Å²) in [6, 6.07) is 18.0. The predicted molar refractivity (Wildman–Crippen MR) is 196 cm³/mol. The molecule has 0 radical (unpaired) electrons. The number of hydrogen-bond donors (Lipinski definition) is 3. The molecule has 3 aromatic carbocycles. The summed E-state index contributed by atoms with van der Waals surface area (Å²) in [6.45, 7) is 9.53. The molecule has 0 aromatic heterocycles. The van der Waals surface area contributed by atoms with E-state index in [0.29, 0.717) is 73.3 Å². The molecule has 11 heteroatoms. The van der Waals surface area contributed by atoms with E-state index in [1.807, 2.05) is 43.0 Å². The van der Waals surface area contributed by atoms with Gasteiger partial charge in [0.25, 0.3) is 11.8 Å². The maximum absolute atomic E-state index is 13.5. The summed E-state index contributed by atoms with van der Waals surface area (Å²) in [5.41, 5.74) is 8.76. The normalized spacial score (nSPS) is 13.1. The third kappa shape index (κ3) is 11.8. The van der Waals surface area contributed by atoms with E-state index in [9.17, 15) is 14.4 Å². The number of rotatable bonds is 19. The molecule has 1 aliphatic rings. The van der Waals surface area contributed by atoms with E-state index >= 15 is 0 Å². The molecule has 3 amide bonds. The van der Waals surface area contributed by atoms with Crippen LogP contribution in [0, 0.1) is 6.92 Å². The maximum Gasteiger partial charge on any atom is 0.255 e. The Labute approximate surface area is 296 Å². The topological polar surface area (TPSA) is 135 Å². The number of nitrogens with two attached hydrogens (primary N) is 1. The van der Waals surface area contributed by atoms with Crippen molar-refractivity contribution in [3.8, 4) is 17.2 Å². The fourth-order valence-corrected chi connectivity index (χ4v) is 5.50. The van der Waals surface area contributed by atoms with Crippen LogP contribution < -0.4 is 30.6 Å². The summed E-state index contributed by atoms with van der Waals surface area (Å²) in [6.07, 6.45) is 4.55. The molecule has 3 aromatic rings. The van der Waals surface area contributed by atoms with Gasteiger partial charge < -0.3 is 40.4 Å². The van der Waals surface area contributed by atoms with Gasteiger partial charge in [-0.3, -0.25) is 14.4 Å². The molecule has 0 spiro atoms. The molecule has 0 bridgehead atoms. The van der Waals surface area contributed by atoms with Gasteiger partial charge in [0.15, 0.2) is 0 Å². The van der Waals surface area contributed by atoms with E-state index in [0.717, 1.165) is 63.0 Å². The molecular formula is C39H53N5O6. The van der Waals surface area contributed by atoms with E-state index < -0.39 is 0 Å². The Hall–Kier alpha value is -4.61. The molecule has 50 heavy (non-hydrogen) atoms. The molecule has 4 N–H and O–H groups in total. The van der Waals surface area contributed by atoms with Crippen molar-refractivity contribution >= 4 is 23.4 Å². The van der Waals surface area contributed by atoms with Crippen molar-refractivity contribution in [2.45, 2.75) is 58.9 Å². The number of carbonyl (C=O) groups is 3. The lowest BCUT2D eigenvalue weighted by molar-refractivity contribution is -0.132. The zero-order chi connectivity index (χ0) is 35.7. The molecule has 4 rings (SSSR count). The summed E-state index contributed by atoms with van der Waals surface area (Å²) >= 11 is 0. The van der Waals surface area contributed by atoms with Gasteiger partial charge in [-0.05, 0) is 94.6 Å². The van der Waals surface area contributed by atoms with Crippen molar-refractivity contribution in [3.05, 3.63) is 82.9 Å². The summed E-state index contributed by atoms with van der Waals surface area (Å²) in [5, 5.41) is 5.95. The van der Waals surface area contributed by atoms with Gasteiger partial charge in [0.1, 0.15) is 17.2 Å². The van der Waals surface area contributed by atoms with Gasteiger partial charge in [0, 0.05) is 50.3 Å². The zero-order valence-electron chi connectivity index (χ0n) is 29.8. The minimum absolute atomic E-state index is 0.205. The van der Waals surface area contributed by atoms with Crippen molar-refractivity contribution in [3.63, 3.8) is 0 Å². The molecule has 1 saturated heterocycles. The zero-order valence-corrected chi connectivity index (χ0v) is 29.8. The van der Waals surface area contributed by atoms with Crippen molar-refractivity contribution in [2.24, 2.45) is 5.73 Å². The highest BCUT2D eigenvalue weighted by Gasteiger charge is 2.19. The molecule has 1 aliphatic heterocycles. The lowest BCUT2D eigenvalue weighted by Gasteiger charge is -2.32. The second kappa shape index (κ2) is 20.2. The van der Waals surface area contributed by atoms with Crippen LogP contribution in [0.15, 0.2) is 60.7 Å².